The van der Waals surface area contributed by atoms with Crippen LogP contribution in [0, 0.1) is 6.92 Å². The largest absolute Gasteiger partial charge is 0.352 e. The summed E-state index contributed by atoms with van der Waals surface area (Å²) in [4.78, 5) is 12.0. The van der Waals surface area contributed by atoms with Gasteiger partial charge in [-0.2, -0.15) is 0 Å². The normalized spacial score (nSPS) is 11.5. The van der Waals surface area contributed by atoms with E-state index >= 15 is 0 Å². The summed E-state index contributed by atoms with van der Waals surface area (Å²) < 4.78 is 2.18. The van der Waals surface area contributed by atoms with Gasteiger partial charge in [0, 0.05) is 24.1 Å². The fourth-order valence-electron chi connectivity index (χ4n) is 3.37. The fraction of sp³-hybridized carbons (Fsp3) is 0.400. The number of hydrogen-bond donors (Lipinski definition) is 1. The first-order valence-electron chi connectivity index (χ1n) is 10.8. The summed E-state index contributed by atoms with van der Waals surface area (Å²) in [5.74, 6) is 1.95. The number of aromatic nitrogens is 3. The Hall–Kier alpha value is -2.60. The van der Waals surface area contributed by atoms with E-state index < -0.39 is 0 Å². The molecule has 1 aromatic heterocycles. The number of nitrogens with one attached hydrogen (secondary N) is 1. The van der Waals surface area contributed by atoms with Crippen LogP contribution in [0.1, 0.15) is 57.0 Å². The van der Waals surface area contributed by atoms with Gasteiger partial charge < -0.3 is 5.32 Å². The lowest BCUT2D eigenvalue weighted by molar-refractivity contribution is -0.122. The fourth-order valence-corrected chi connectivity index (χ4v) is 4.34. The molecule has 0 fully saturated rings. The maximum absolute atomic E-state index is 12.0. The minimum atomic E-state index is -0.176. The van der Waals surface area contributed by atoms with Gasteiger partial charge in [0.1, 0.15) is 5.82 Å². The van der Waals surface area contributed by atoms with Crippen LogP contribution in [0.2, 0.25) is 0 Å². The molecule has 1 heterocycles. The summed E-state index contributed by atoms with van der Waals surface area (Å²) in [7, 11) is 0. The highest BCUT2D eigenvalue weighted by Crippen LogP contribution is 2.26. The molecule has 0 bridgehead atoms. The van der Waals surface area contributed by atoms with Crippen LogP contribution in [-0.2, 0) is 11.2 Å². The Morgan fingerprint density at radius 1 is 1.00 bits per heavy atom. The lowest BCUT2D eigenvalue weighted by Crippen LogP contribution is -2.40. The van der Waals surface area contributed by atoms with Gasteiger partial charge in [0.25, 0.3) is 0 Å². The minimum absolute atomic E-state index is 0.116. The molecule has 0 unspecified atom stereocenters. The summed E-state index contributed by atoms with van der Waals surface area (Å²) in [6.07, 6.45) is 3.11. The summed E-state index contributed by atoms with van der Waals surface area (Å²) in [5.41, 5.74) is 3.35. The molecule has 0 saturated carbocycles. The maximum Gasteiger partial charge on any atom is 0.220 e. The van der Waals surface area contributed by atoms with E-state index in [1.807, 2.05) is 26.8 Å². The molecule has 1 N–H and O–H groups in total. The molecule has 0 aliphatic rings. The molecular weight excluding hydrogens is 404 g/mol. The number of thioether (sulfide) groups is 1. The summed E-state index contributed by atoms with van der Waals surface area (Å²) >= 11 is 1.70. The number of benzene rings is 2. The zero-order valence-electron chi connectivity index (χ0n) is 18.9. The van der Waals surface area contributed by atoms with Gasteiger partial charge in [0.15, 0.2) is 5.16 Å². The second-order valence-electron chi connectivity index (χ2n) is 8.79. The molecule has 31 heavy (non-hydrogen) atoms. The minimum Gasteiger partial charge on any atom is -0.352 e. The van der Waals surface area contributed by atoms with Crippen molar-refractivity contribution >= 4 is 17.7 Å². The predicted molar refractivity (Wildman–Crippen MR) is 128 cm³/mol. The van der Waals surface area contributed by atoms with Gasteiger partial charge >= 0.3 is 0 Å². The number of unbranched alkanes of at least 4 members (excludes halogenated alkanes) is 1. The third-order valence-electron chi connectivity index (χ3n) is 4.81. The van der Waals surface area contributed by atoms with Crippen molar-refractivity contribution in [3.63, 3.8) is 0 Å². The van der Waals surface area contributed by atoms with Crippen molar-refractivity contribution in [3.8, 4) is 5.69 Å². The smallest absolute Gasteiger partial charge is 0.220 e. The standard InChI is InChI=1S/C25H32N4OS/c1-19-12-8-9-15-21(19)29-22(18-20-13-6-5-7-14-20)27-28-24(29)31-17-11-10-16-23(30)26-25(2,3)4/h5-9,12-15H,10-11,16-18H2,1-4H3,(H,26,30). The average molecular weight is 437 g/mol. The van der Waals surface area contributed by atoms with Crippen molar-refractivity contribution < 1.29 is 4.79 Å². The number of rotatable bonds is 9. The van der Waals surface area contributed by atoms with Crippen LogP contribution in [0.15, 0.2) is 59.8 Å². The van der Waals surface area contributed by atoms with Gasteiger partial charge in [-0.15, -0.1) is 10.2 Å². The zero-order valence-corrected chi connectivity index (χ0v) is 19.7. The average Bonchev–Trinajstić information content (AvgIpc) is 3.09. The van der Waals surface area contributed by atoms with Crippen molar-refractivity contribution in [1.29, 1.82) is 0 Å². The van der Waals surface area contributed by atoms with Crippen LogP contribution >= 0.6 is 11.8 Å². The van der Waals surface area contributed by atoms with E-state index in [1.54, 1.807) is 11.8 Å². The zero-order chi connectivity index (χ0) is 22.3. The topological polar surface area (TPSA) is 59.8 Å². The molecule has 0 atom stereocenters. The number of hydrogen-bond acceptors (Lipinski definition) is 4. The van der Waals surface area contributed by atoms with Gasteiger partial charge in [-0.05, 0) is 57.7 Å². The Labute approximate surface area is 189 Å². The van der Waals surface area contributed by atoms with Gasteiger partial charge in [-0.25, -0.2) is 0 Å². The molecule has 0 aliphatic carbocycles. The Kier molecular flexibility index (Phi) is 7.91. The lowest BCUT2D eigenvalue weighted by atomic mass is 10.1. The molecule has 6 heteroatoms. The second kappa shape index (κ2) is 10.6. The highest BCUT2D eigenvalue weighted by molar-refractivity contribution is 7.99. The van der Waals surface area contributed by atoms with E-state index in [0.29, 0.717) is 6.42 Å². The van der Waals surface area contributed by atoms with Crippen LogP contribution in [0.25, 0.3) is 5.69 Å². The summed E-state index contributed by atoms with van der Waals surface area (Å²) in [5, 5.41) is 13.0. The molecule has 164 valence electrons. The second-order valence-corrected chi connectivity index (χ2v) is 9.85. The molecule has 0 saturated heterocycles. The van der Waals surface area contributed by atoms with Crippen LogP contribution in [-0.4, -0.2) is 32.0 Å². The summed E-state index contributed by atoms with van der Waals surface area (Å²) in [6.45, 7) is 8.13. The highest BCUT2D eigenvalue weighted by atomic mass is 32.2. The van der Waals surface area contributed by atoms with Crippen molar-refractivity contribution in [1.82, 2.24) is 20.1 Å². The Morgan fingerprint density at radius 2 is 1.71 bits per heavy atom. The van der Waals surface area contributed by atoms with Crippen molar-refractivity contribution in [2.45, 2.75) is 64.1 Å². The maximum atomic E-state index is 12.0. The lowest BCUT2D eigenvalue weighted by Gasteiger charge is -2.20. The van der Waals surface area contributed by atoms with E-state index in [4.69, 9.17) is 0 Å². The Balaban J connectivity index is 1.68. The Morgan fingerprint density at radius 3 is 2.42 bits per heavy atom. The van der Waals surface area contributed by atoms with Gasteiger partial charge in [0.05, 0.1) is 5.69 Å². The molecule has 0 spiro atoms. The molecule has 1 amide bonds. The first kappa shape index (κ1) is 23.1. The first-order valence-corrected chi connectivity index (χ1v) is 11.8. The number of amides is 1. The predicted octanol–water partition coefficient (Wildman–Crippen LogP) is 5.34. The van der Waals surface area contributed by atoms with Crippen molar-refractivity contribution in [2.24, 2.45) is 0 Å². The quantitative estimate of drug-likeness (QED) is 0.363. The number of aryl methyl sites for hydroxylation is 1. The molecular formula is C25H32N4OS. The summed E-state index contributed by atoms with van der Waals surface area (Å²) in [6, 6.07) is 18.7. The van der Waals surface area contributed by atoms with E-state index in [-0.39, 0.29) is 11.4 Å². The monoisotopic (exact) mass is 436 g/mol. The van der Waals surface area contributed by atoms with E-state index in [1.165, 1.54) is 11.1 Å². The van der Waals surface area contributed by atoms with Crippen LogP contribution in [0.4, 0.5) is 0 Å². The molecule has 3 aromatic rings. The molecule has 2 aromatic carbocycles. The van der Waals surface area contributed by atoms with E-state index in [2.05, 4.69) is 75.5 Å². The highest BCUT2D eigenvalue weighted by Gasteiger charge is 2.17. The van der Waals surface area contributed by atoms with Gasteiger partial charge in [-0.1, -0.05) is 60.3 Å². The number of carbonyl (C=O) groups is 1. The van der Waals surface area contributed by atoms with Gasteiger partial charge in [-0.3, -0.25) is 9.36 Å². The first-order chi connectivity index (χ1) is 14.8. The van der Waals surface area contributed by atoms with Crippen LogP contribution in [0.3, 0.4) is 0 Å². The number of carbonyl (C=O) groups excluding carboxylic acids is 1. The molecule has 5 nitrogen and oxygen atoms in total. The van der Waals surface area contributed by atoms with Crippen molar-refractivity contribution in [2.75, 3.05) is 5.75 Å². The van der Waals surface area contributed by atoms with E-state index in [9.17, 15) is 4.79 Å². The molecule has 0 radical (unpaired) electrons. The Bertz CT molecular complexity index is 992. The third-order valence-corrected chi connectivity index (χ3v) is 5.82. The van der Waals surface area contributed by atoms with Crippen LogP contribution in [0.5, 0.6) is 0 Å². The van der Waals surface area contributed by atoms with Crippen molar-refractivity contribution in [3.05, 3.63) is 71.5 Å². The SMILES string of the molecule is Cc1ccccc1-n1c(Cc2ccccc2)nnc1SCCCCC(=O)NC(C)(C)C. The molecule has 3 rings (SSSR count). The van der Waals surface area contributed by atoms with Gasteiger partial charge in [0.2, 0.25) is 5.91 Å². The third kappa shape index (κ3) is 6.96. The number of para-hydroxylation sites is 1. The van der Waals surface area contributed by atoms with E-state index in [0.717, 1.165) is 41.7 Å². The number of nitrogens with zero attached hydrogens (tertiary/aromatic N) is 3. The van der Waals surface area contributed by atoms with Crippen LogP contribution < -0.4 is 5.32 Å². The molecule has 0 aliphatic heterocycles.